The predicted octanol–water partition coefficient (Wildman–Crippen LogP) is 4.80. The van der Waals surface area contributed by atoms with E-state index in [9.17, 15) is 22.4 Å². The predicted molar refractivity (Wildman–Crippen MR) is 116 cm³/mol. The number of alkyl halides is 3. The van der Waals surface area contributed by atoms with Crippen molar-refractivity contribution in [3.8, 4) is 11.4 Å². The quantitative estimate of drug-likeness (QED) is 0.554. The van der Waals surface area contributed by atoms with Crippen LogP contribution in [0.4, 0.5) is 23.4 Å². The van der Waals surface area contributed by atoms with E-state index < -0.39 is 17.6 Å². The van der Waals surface area contributed by atoms with Gasteiger partial charge in [0.2, 0.25) is 0 Å². The Labute approximate surface area is 193 Å². The summed E-state index contributed by atoms with van der Waals surface area (Å²) in [5.74, 6) is 0.0296. The summed E-state index contributed by atoms with van der Waals surface area (Å²) in [5, 5.41) is 3.21. The van der Waals surface area contributed by atoms with E-state index >= 15 is 0 Å². The fraction of sp³-hybridized carbons (Fsp3) is 0.333. The Balaban J connectivity index is 1.40. The molecular weight excluding hydrogens is 450 g/mol. The number of carbonyl (C=O) groups is 1. The van der Waals surface area contributed by atoms with Gasteiger partial charge in [0.1, 0.15) is 11.6 Å². The van der Waals surface area contributed by atoms with Crippen LogP contribution in [0.15, 0.2) is 55.0 Å². The van der Waals surface area contributed by atoms with E-state index in [0.29, 0.717) is 23.8 Å². The first-order valence-electron chi connectivity index (χ1n) is 11.0. The molecule has 2 bridgehead atoms. The highest BCUT2D eigenvalue weighted by Crippen LogP contribution is 2.38. The standard InChI is InChI=1S/C24H21F4N5O/c25-16-4-5-17(22-29-8-1-9-30-22)18(11-16)23(34)33-13-14-2-6-20(33)19(10-14)32-21-7-3-15(12-31-21)24(26,27)28/h1,3-5,7-9,11-12,14,19-20H,2,6,10,13H2,(H,31,32)/t14-,19+,20-/m0/s1. The maximum atomic E-state index is 14.1. The lowest BCUT2D eigenvalue weighted by atomic mass is 9.76. The summed E-state index contributed by atoms with van der Waals surface area (Å²) in [6.45, 7) is 0.535. The van der Waals surface area contributed by atoms with E-state index in [1.54, 1.807) is 23.4 Å². The Hall–Kier alpha value is -3.56. The van der Waals surface area contributed by atoms with Crippen LogP contribution in [0.3, 0.4) is 0 Å². The van der Waals surface area contributed by atoms with Crippen molar-refractivity contribution in [2.24, 2.45) is 5.92 Å². The van der Waals surface area contributed by atoms with E-state index in [4.69, 9.17) is 0 Å². The van der Waals surface area contributed by atoms with Crippen molar-refractivity contribution in [3.05, 3.63) is 71.9 Å². The zero-order valence-corrected chi connectivity index (χ0v) is 18.0. The Bertz CT molecular complexity index is 1190. The Morgan fingerprint density at radius 3 is 2.53 bits per heavy atom. The lowest BCUT2D eigenvalue weighted by molar-refractivity contribution is -0.137. The number of halogens is 4. The molecule has 34 heavy (non-hydrogen) atoms. The third kappa shape index (κ3) is 4.32. The molecule has 1 N–H and O–H groups in total. The zero-order valence-electron chi connectivity index (χ0n) is 18.0. The Morgan fingerprint density at radius 2 is 1.85 bits per heavy atom. The molecule has 3 aliphatic rings. The van der Waals surface area contributed by atoms with Gasteiger partial charge < -0.3 is 10.2 Å². The second-order valence-corrected chi connectivity index (χ2v) is 8.65. The van der Waals surface area contributed by atoms with Crippen molar-refractivity contribution in [2.45, 2.75) is 37.5 Å². The molecule has 2 saturated heterocycles. The van der Waals surface area contributed by atoms with Crippen molar-refractivity contribution < 1.29 is 22.4 Å². The van der Waals surface area contributed by atoms with Gasteiger partial charge in [0.25, 0.3) is 5.91 Å². The lowest BCUT2D eigenvalue weighted by Crippen LogP contribution is -2.59. The number of nitrogens with zero attached hydrogens (tertiary/aromatic N) is 4. The molecule has 1 saturated carbocycles. The maximum Gasteiger partial charge on any atom is 0.417 e. The Morgan fingerprint density at radius 1 is 1.06 bits per heavy atom. The van der Waals surface area contributed by atoms with Crippen molar-refractivity contribution in [2.75, 3.05) is 11.9 Å². The van der Waals surface area contributed by atoms with Crippen molar-refractivity contribution in [1.82, 2.24) is 19.9 Å². The number of benzene rings is 1. The largest absolute Gasteiger partial charge is 0.417 e. The number of nitrogens with one attached hydrogen (secondary N) is 1. The first kappa shape index (κ1) is 22.2. The summed E-state index contributed by atoms with van der Waals surface area (Å²) in [6.07, 6.45) is 1.91. The average molecular weight is 471 g/mol. The highest BCUT2D eigenvalue weighted by atomic mass is 19.4. The monoisotopic (exact) mass is 471 g/mol. The molecule has 0 radical (unpaired) electrons. The van der Waals surface area contributed by atoms with Gasteiger partial charge in [-0.05, 0) is 61.6 Å². The number of pyridine rings is 1. The van der Waals surface area contributed by atoms with Gasteiger partial charge in [-0.3, -0.25) is 4.79 Å². The number of hydrogen-bond donors (Lipinski definition) is 1. The van der Waals surface area contributed by atoms with Crippen LogP contribution in [0.25, 0.3) is 11.4 Å². The molecular formula is C24H21F4N5O. The molecule has 2 aromatic heterocycles. The number of fused-ring (bicyclic) bond motifs is 3. The number of aromatic nitrogens is 3. The van der Waals surface area contributed by atoms with Crippen LogP contribution in [0.1, 0.15) is 35.2 Å². The molecule has 3 aromatic rings. The molecule has 10 heteroatoms. The highest BCUT2D eigenvalue weighted by Gasteiger charge is 2.43. The zero-order chi connectivity index (χ0) is 23.9. The van der Waals surface area contributed by atoms with Gasteiger partial charge in [0.15, 0.2) is 5.82 Å². The second-order valence-electron chi connectivity index (χ2n) is 8.65. The third-order valence-electron chi connectivity index (χ3n) is 6.48. The third-order valence-corrected chi connectivity index (χ3v) is 6.48. The van der Waals surface area contributed by atoms with Gasteiger partial charge in [-0.15, -0.1) is 0 Å². The van der Waals surface area contributed by atoms with E-state index in [2.05, 4.69) is 20.3 Å². The minimum absolute atomic E-state index is 0.175. The fourth-order valence-corrected chi connectivity index (χ4v) is 4.90. The minimum Gasteiger partial charge on any atom is -0.365 e. The fourth-order valence-electron chi connectivity index (χ4n) is 4.90. The average Bonchev–Trinajstić information content (AvgIpc) is 2.84. The molecule has 2 aliphatic heterocycles. The molecule has 6 nitrogen and oxygen atoms in total. The van der Waals surface area contributed by atoms with Gasteiger partial charge in [0, 0.05) is 36.7 Å². The number of carbonyl (C=O) groups excluding carboxylic acids is 1. The van der Waals surface area contributed by atoms with Gasteiger partial charge in [-0.2, -0.15) is 13.2 Å². The molecule has 6 rings (SSSR count). The van der Waals surface area contributed by atoms with E-state index in [-0.39, 0.29) is 29.5 Å². The van der Waals surface area contributed by atoms with E-state index in [1.165, 1.54) is 24.3 Å². The van der Waals surface area contributed by atoms with E-state index in [1.807, 2.05) is 0 Å². The molecule has 176 valence electrons. The molecule has 0 spiro atoms. The summed E-state index contributed by atoms with van der Waals surface area (Å²) >= 11 is 0. The SMILES string of the molecule is O=C(c1cc(F)ccc1-c1ncccn1)N1C[C@H]2CC[C@H]1[C@H](Nc1ccc(C(F)(F)F)cn1)C2. The summed E-state index contributed by atoms with van der Waals surface area (Å²) in [4.78, 5) is 27.7. The van der Waals surface area contributed by atoms with Crippen LogP contribution in [0.2, 0.25) is 0 Å². The van der Waals surface area contributed by atoms with Crippen molar-refractivity contribution in [1.29, 1.82) is 0 Å². The van der Waals surface area contributed by atoms with Crippen LogP contribution in [-0.2, 0) is 6.18 Å². The summed E-state index contributed by atoms with van der Waals surface area (Å²) in [5.41, 5.74) is -0.186. The van der Waals surface area contributed by atoms with Gasteiger partial charge in [0.05, 0.1) is 17.2 Å². The molecule has 1 aromatic carbocycles. The normalized spacial score (nSPS) is 22.0. The maximum absolute atomic E-state index is 14.1. The summed E-state index contributed by atoms with van der Waals surface area (Å²) < 4.78 is 52.7. The number of rotatable bonds is 4. The van der Waals surface area contributed by atoms with Gasteiger partial charge >= 0.3 is 6.18 Å². The molecule has 4 heterocycles. The van der Waals surface area contributed by atoms with Crippen molar-refractivity contribution >= 4 is 11.7 Å². The van der Waals surface area contributed by atoms with Crippen LogP contribution in [0.5, 0.6) is 0 Å². The smallest absolute Gasteiger partial charge is 0.365 e. The van der Waals surface area contributed by atoms with Crippen LogP contribution >= 0.6 is 0 Å². The molecule has 3 atom stereocenters. The van der Waals surface area contributed by atoms with Crippen LogP contribution in [-0.4, -0.2) is 44.4 Å². The Kier molecular flexibility index (Phi) is 5.66. The number of amides is 1. The second kappa shape index (κ2) is 8.66. The summed E-state index contributed by atoms with van der Waals surface area (Å²) in [6, 6.07) is 7.54. The number of piperidine rings is 2. The topological polar surface area (TPSA) is 71.0 Å². The van der Waals surface area contributed by atoms with Crippen molar-refractivity contribution in [3.63, 3.8) is 0 Å². The van der Waals surface area contributed by atoms with Crippen LogP contribution < -0.4 is 5.32 Å². The highest BCUT2D eigenvalue weighted by molar-refractivity contribution is 6.00. The first-order chi connectivity index (χ1) is 16.3. The lowest BCUT2D eigenvalue weighted by Gasteiger charge is -2.50. The molecule has 1 amide bonds. The molecule has 3 fully saturated rings. The van der Waals surface area contributed by atoms with Gasteiger partial charge in [-0.1, -0.05) is 0 Å². The van der Waals surface area contributed by atoms with Crippen LogP contribution in [0, 0.1) is 11.7 Å². The molecule has 0 unspecified atom stereocenters. The molecule has 1 aliphatic carbocycles. The number of hydrogen-bond acceptors (Lipinski definition) is 5. The summed E-state index contributed by atoms with van der Waals surface area (Å²) in [7, 11) is 0. The number of anilines is 1. The first-order valence-corrected chi connectivity index (χ1v) is 11.0. The van der Waals surface area contributed by atoms with Gasteiger partial charge in [-0.25, -0.2) is 19.3 Å². The van der Waals surface area contributed by atoms with E-state index in [0.717, 1.165) is 31.5 Å². The minimum atomic E-state index is -4.45.